The van der Waals surface area contributed by atoms with E-state index in [0.717, 1.165) is 25.8 Å². The van der Waals surface area contributed by atoms with Crippen LogP contribution in [0.5, 0.6) is 0 Å². The Morgan fingerprint density at radius 3 is 2.62 bits per heavy atom. The standard InChI is InChI=1S/C16H32N2O3/c1-12(2)17-14(8-10-19)13-7-6-9-18(11-13)15(20)21-16(3,4)5/h12-14,17,19H,6-11H2,1-5H3/t13-,14-/m1/s1. The molecular weight excluding hydrogens is 268 g/mol. The van der Waals surface area contributed by atoms with Gasteiger partial charge >= 0.3 is 6.09 Å². The van der Waals surface area contributed by atoms with Crippen molar-refractivity contribution in [3.05, 3.63) is 0 Å². The summed E-state index contributed by atoms with van der Waals surface area (Å²) in [5.41, 5.74) is -0.454. The van der Waals surface area contributed by atoms with Crippen molar-refractivity contribution in [1.29, 1.82) is 0 Å². The van der Waals surface area contributed by atoms with Crippen LogP contribution >= 0.6 is 0 Å². The molecule has 1 fully saturated rings. The van der Waals surface area contributed by atoms with Crippen molar-refractivity contribution in [3.63, 3.8) is 0 Å². The molecule has 0 aromatic carbocycles. The van der Waals surface area contributed by atoms with Gasteiger partial charge in [0.2, 0.25) is 0 Å². The van der Waals surface area contributed by atoms with E-state index in [1.165, 1.54) is 0 Å². The summed E-state index contributed by atoms with van der Waals surface area (Å²) in [6.45, 7) is 11.5. The lowest BCUT2D eigenvalue weighted by molar-refractivity contribution is 0.0136. The number of aliphatic hydroxyl groups is 1. The zero-order chi connectivity index (χ0) is 16.0. The predicted octanol–water partition coefficient (Wildman–Crippen LogP) is 2.38. The highest BCUT2D eigenvalue weighted by molar-refractivity contribution is 5.68. The molecule has 2 N–H and O–H groups in total. The Labute approximate surface area is 129 Å². The van der Waals surface area contributed by atoms with Gasteiger partial charge in [0.05, 0.1) is 0 Å². The number of nitrogens with zero attached hydrogens (tertiary/aromatic N) is 1. The largest absolute Gasteiger partial charge is 0.444 e. The molecule has 0 aromatic heterocycles. The van der Waals surface area contributed by atoms with E-state index in [0.29, 0.717) is 18.5 Å². The van der Waals surface area contributed by atoms with Crippen LogP contribution in [0.15, 0.2) is 0 Å². The van der Waals surface area contributed by atoms with Crippen LogP contribution in [0.25, 0.3) is 0 Å². The Bertz CT molecular complexity index is 326. The number of hydrogen-bond donors (Lipinski definition) is 2. The fraction of sp³-hybridized carbons (Fsp3) is 0.938. The molecule has 2 atom stereocenters. The Morgan fingerprint density at radius 2 is 2.10 bits per heavy atom. The van der Waals surface area contributed by atoms with Crippen LogP contribution in [-0.4, -0.2) is 53.5 Å². The zero-order valence-electron chi connectivity index (χ0n) is 14.2. The van der Waals surface area contributed by atoms with E-state index < -0.39 is 5.60 Å². The average Bonchev–Trinajstić information content (AvgIpc) is 2.36. The summed E-state index contributed by atoms with van der Waals surface area (Å²) in [5, 5.41) is 12.8. The number of piperidine rings is 1. The maximum Gasteiger partial charge on any atom is 0.410 e. The Balaban J connectivity index is 2.62. The maximum atomic E-state index is 12.2. The summed E-state index contributed by atoms with van der Waals surface area (Å²) in [5.74, 6) is 0.376. The lowest BCUT2D eigenvalue weighted by atomic mass is 9.88. The second-order valence-corrected chi connectivity index (χ2v) is 7.27. The molecule has 5 nitrogen and oxygen atoms in total. The van der Waals surface area contributed by atoms with Crippen LogP contribution in [0.1, 0.15) is 53.9 Å². The van der Waals surface area contributed by atoms with Gasteiger partial charge in [0.25, 0.3) is 0 Å². The molecule has 1 saturated heterocycles. The van der Waals surface area contributed by atoms with Crippen molar-refractivity contribution in [2.45, 2.75) is 71.6 Å². The Morgan fingerprint density at radius 1 is 1.43 bits per heavy atom. The minimum absolute atomic E-state index is 0.174. The lowest BCUT2D eigenvalue weighted by Crippen LogP contribution is -2.50. The Hall–Kier alpha value is -0.810. The first-order valence-corrected chi connectivity index (χ1v) is 8.07. The van der Waals surface area contributed by atoms with Crippen LogP contribution < -0.4 is 5.32 Å². The van der Waals surface area contributed by atoms with Gasteiger partial charge in [-0.15, -0.1) is 0 Å². The molecule has 124 valence electrons. The first kappa shape index (κ1) is 18.2. The van der Waals surface area contributed by atoms with Crippen LogP contribution in [0.2, 0.25) is 0 Å². The molecule has 1 aliphatic rings. The molecular formula is C16H32N2O3. The molecule has 1 amide bonds. The third kappa shape index (κ3) is 6.66. The van der Waals surface area contributed by atoms with E-state index >= 15 is 0 Å². The number of nitrogens with one attached hydrogen (secondary N) is 1. The number of rotatable bonds is 5. The molecule has 1 aliphatic heterocycles. The van der Waals surface area contributed by atoms with Crippen molar-refractivity contribution in [2.24, 2.45) is 5.92 Å². The summed E-state index contributed by atoms with van der Waals surface area (Å²) >= 11 is 0. The third-order valence-corrected chi connectivity index (χ3v) is 3.67. The average molecular weight is 300 g/mol. The van der Waals surface area contributed by atoms with Crippen LogP contribution in [-0.2, 0) is 4.74 Å². The van der Waals surface area contributed by atoms with Crippen LogP contribution in [0, 0.1) is 5.92 Å². The van der Waals surface area contributed by atoms with Gasteiger partial charge in [0.15, 0.2) is 0 Å². The Kier molecular flexibility index (Phi) is 6.94. The normalized spacial score (nSPS) is 21.5. The molecule has 1 rings (SSSR count). The number of amides is 1. The first-order chi connectivity index (χ1) is 9.73. The summed E-state index contributed by atoms with van der Waals surface area (Å²) in [6.07, 6.45) is 2.58. The van der Waals surface area contributed by atoms with Gasteiger partial charge in [-0.25, -0.2) is 4.79 Å². The van der Waals surface area contributed by atoms with Gasteiger partial charge in [0, 0.05) is 31.8 Å². The molecule has 5 heteroatoms. The highest BCUT2D eigenvalue weighted by Crippen LogP contribution is 2.23. The van der Waals surface area contributed by atoms with E-state index in [1.807, 2.05) is 25.7 Å². The van der Waals surface area contributed by atoms with Crippen molar-refractivity contribution in [3.8, 4) is 0 Å². The van der Waals surface area contributed by atoms with E-state index in [2.05, 4.69) is 19.2 Å². The fourth-order valence-electron chi connectivity index (χ4n) is 2.85. The maximum absolute atomic E-state index is 12.2. The molecule has 21 heavy (non-hydrogen) atoms. The van der Waals surface area contributed by atoms with Gasteiger partial charge in [-0.3, -0.25) is 0 Å². The predicted molar refractivity (Wildman–Crippen MR) is 84.3 cm³/mol. The van der Waals surface area contributed by atoms with Crippen molar-refractivity contribution in [2.75, 3.05) is 19.7 Å². The highest BCUT2D eigenvalue weighted by Gasteiger charge is 2.31. The smallest absolute Gasteiger partial charge is 0.410 e. The van der Waals surface area contributed by atoms with Gasteiger partial charge in [-0.2, -0.15) is 0 Å². The van der Waals surface area contributed by atoms with Gasteiger partial charge < -0.3 is 20.1 Å². The molecule has 0 unspecified atom stereocenters. The van der Waals surface area contributed by atoms with Crippen LogP contribution in [0.4, 0.5) is 4.79 Å². The number of aliphatic hydroxyl groups excluding tert-OH is 1. The molecule has 0 aliphatic carbocycles. The minimum atomic E-state index is -0.454. The van der Waals surface area contributed by atoms with Gasteiger partial charge in [-0.05, 0) is 46.0 Å². The molecule has 1 heterocycles. The fourth-order valence-corrected chi connectivity index (χ4v) is 2.85. The first-order valence-electron chi connectivity index (χ1n) is 8.07. The van der Waals surface area contributed by atoms with E-state index in [9.17, 15) is 9.90 Å². The van der Waals surface area contributed by atoms with Gasteiger partial charge in [-0.1, -0.05) is 13.8 Å². The number of ether oxygens (including phenoxy) is 1. The second-order valence-electron chi connectivity index (χ2n) is 7.27. The summed E-state index contributed by atoms with van der Waals surface area (Å²) < 4.78 is 5.46. The molecule has 0 aromatic rings. The lowest BCUT2D eigenvalue weighted by Gasteiger charge is -2.38. The van der Waals surface area contributed by atoms with E-state index in [4.69, 9.17) is 4.74 Å². The monoisotopic (exact) mass is 300 g/mol. The second kappa shape index (κ2) is 7.99. The molecule has 0 spiro atoms. The van der Waals surface area contributed by atoms with E-state index in [1.54, 1.807) is 0 Å². The summed E-state index contributed by atoms with van der Waals surface area (Å²) in [6, 6.07) is 0.624. The SMILES string of the molecule is CC(C)N[C@H](CCO)[C@@H]1CCCN(C(=O)OC(C)(C)C)C1. The third-order valence-electron chi connectivity index (χ3n) is 3.67. The summed E-state index contributed by atoms with van der Waals surface area (Å²) in [7, 11) is 0. The van der Waals surface area contributed by atoms with Crippen molar-refractivity contribution >= 4 is 6.09 Å². The number of carbonyl (C=O) groups excluding carboxylic acids is 1. The number of likely N-dealkylation sites (tertiary alicyclic amines) is 1. The van der Waals surface area contributed by atoms with Gasteiger partial charge in [0.1, 0.15) is 5.60 Å². The minimum Gasteiger partial charge on any atom is -0.444 e. The molecule has 0 radical (unpaired) electrons. The molecule has 0 saturated carbocycles. The quantitative estimate of drug-likeness (QED) is 0.818. The molecule has 0 bridgehead atoms. The van der Waals surface area contributed by atoms with E-state index in [-0.39, 0.29) is 18.7 Å². The zero-order valence-corrected chi connectivity index (χ0v) is 14.2. The topological polar surface area (TPSA) is 61.8 Å². The summed E-state index contributed by atoms with van der Waals surface area (Å²) in [4.78, 5) is 14.0. The van der Waals surface area contributed by atoms with Crippen LogP contribution in [0.3, 0.4) is 0 Å². The van der Waals surface area contributed by atoms with Crippen molar-refractivity contribution < 1.29 is 14.6 Å². The number of carbonyl (C=O) groups is 1. The van der Waals surface area contributed by atoms with Crippen molar-refractivity contribution in [1.82, 2.24) is 10.2 Å². The highest BCUT2D eigenvalue weighted by atomic mass is 16.6. The number of hydrogen-bond acceptors (Lipinski definition) is 4.